The van der Waals surface area contributed by atoms with Crippen LogP contribution in [0.25, 0.3) is 0 Å². The summed E-state index contributed by atoms with van der Waals surface area (Å²) < 4.78 is 3.77. The molecular weight excluding hydrogens is 1030 g/mol. The number of nitrogens with zero attached hydrogens (tertiary/aromatic N) is 1. The normalized spacial score (nSPS) is 13.7. The standard InChI is InChI=1S/C64H68N4O7S3/c1-4-38-75-59(72)42-57(70)60(46(2)3)68-62(74)56(44-78-64(50-31-17-8-18-32-50,51-33-19-9-20-34-51)52-35-21-10-22-36-52)67-61(73)55(40-53-43-76-45-65-53)66-58(71)41-54(69)37-23-24-39-77-63(47-25-11-5-12-26-47,48-27-13-6-14-28-48)49-29-15-7-16-30-49/h4-23,25-37,43,45-46,54-57,60,69-70H,1,24,38-42,44H2,2-3H3,(H,66,71)(H,67,73)(H,68,74)/b37-23+/t54-,55-,56-,57+,60-/m1/s1. The summed E-state index contributed by atoms with van der Waals surface area (Å²) in [5, 5.41) is 33.3. The van der Waals surface area contributed by atoms with Crippen LogP contribution in [0.3, 0.4) is 0 Å². The number of thiazole rings is 1. The van der Waals surface area contributed by atoms with E-state index in [1.165, 1.54) is 29.2 Å². The number of allylic oxidation sites excluding steroid dienone is 1. The summed E-state index contributed by atoms with van der Waals surface area (Å²) >= 11 is 4.60. The van der Waals surface area contributed by atoms with Crippen LogP contribution in [0.4, 0.5) is 0 Å². The molecule has 78 heavy (non-hydrogen) atoms. The molecule has 0 aliphatic heterocycles. The second-order valence-corrected chi connectivity index (χ2v) is 22.4. The minimum atomic E-state index is -1.32. The number of ether oxygens (including phenoxy) is 1. The van der Waals surface area contributed by atoms with Crippen molar-refractivity contribution in [1.82, 2.24) is 20.9 Å². The summed E-state index contributed by atoms with van der Waals surface area (Å²) in [5.41, 5.74) is 8.43. The number of carbonyl (C=O) groups excluding carboxylic acids is 4. The number of aromatic nitrogens is 1. The second kappa shape index (κ2) is 29.6. The summed E-state index contributed by atoms with van der Waals surface area (Å²) in [5.74, 6) is -2.14. The summed E-state index contributed by atoms with van der Waals surface area (Å²) in [6, 6.07) is 57.7. The Morgan fingerprint density at radius 1 is 0.628 bits per heavy atom. The Labute approximate surface area is 471 Å². The molecule has 7 aromatic rings. The summed E-state index contributed by atoms with van der Waals surface area (Å²) in [6.45, 7) is 7.18. The molecule has 0 bridgehead atoms. The zero-order valence-electron chi connectivity index (χ0n) is 43.9. The molecule has 0 saturated carbocycles. The van der Waals surface area contributed by atoms with Crippen molar-refractivity contribution in [3.05, 3.63) is 257 Å². The highest BCUT2D eigenvalue weighted by Crippen LogP contribution is 2.50. The van der Waals surface area contributed by atoms with Gasteiger partial charge in [0.05, 0.1) is 51.8 Å². The van der Waals surface area contributed by atoms with E-state index in [9.17, 15) is 29.4 Å². The number of hydrogen-bond donors (Lipinski definition) is 5. The highest BCUT2D eigenvalue weighted by molar-refractivity contribution is 8.00. The van der Waals surface area contributed by atoms with Gasteiger partial charge in [-0.05, 0) is 51.5 Å². The number of hydrogen-bond acceptors (Lipinski definition) is 11. The number of aliphatic hydroxyl groups excluding tert-OH is 2. The molecule has 0 aliphatic carbocycles. The van der Waals surface area contributed by atoms with E-state index in [4.69, 9.17) is 4.74 Å². The first-order valence-corrected chi connectivity index (χ1v) is 29.0. The van der Waals surface area contributed by atoms with Crippen LogP contribution in [0.15, 0.2) is 218 Å². The molecule has 404 valence electrons. The first-order valence-electron chi connectivity index (χ1n) is 26.1. The van der Waals surface area contributed by atoms with E-state index in [1.54, 1.807) is 28.7 Å². The zero-order valence-corrected chi connectivity index (χ0v) is 46.4. The molecule has 5 atom stereocenters. The van der Waals surface area contributed by atoms with Gasteiger partial charge in [-0.15, -0.1) is 34.9 Å². The van der Waals surface area contributed by atoms with Crippen molar-refractivity contribution in [3.8, 4) is 0 Å². The van der Waals surface area contributed by atoms with E-state index in [0.29, 0.717) is 17.9 Å². The minimum Gasteiger partial charge on any atom is -0.461 e. The van der Waals surface area contributed by atoms with E-state index >= 15 is 0 Å². The Balaban J connectivity index is 1.11. The average molecular weight is 1100 g/mol. The lowest BCUT2D eigenvalue weighted by Gasteiger charge is -2.37. The maximum Gasteiger partial charge on any atom is 0.308 e. The fraction of sp³-hybridized carbons (Fsp3) is 0.266. The highest BCUT2D eigenvalue weighted by atomic mass is 32.2. The predicted molar refractivity (Wildman–Crippen MR) is 316 cm³/mol. The molecule has 7 rings (SSSR count). The quantitative estimate of drug-likeness (QED) is 0.0132. The smallest absolute Gasteiger partial charge is 0.308 e. The van der Waals surface area contributed by atoms with E-state index < -0.39 is 63.5 Å². The third-order valence-corrected chi connectivity index (χ3v) is 17.1. The lowest BCUT2D eigenvalue weighted by atomic mass is 9.84. The molecule has 0 aliphatic rings. The zero-order chi connectivity index (χ0) is 55.2. The van der Waals surface area contributed by atoms with Crippen molar-refractivity contribution in [2.75, 3.05) is 18.1 Å². The molecule has 11 nitrogen and oxygen atoms in total. The maximum atomic E-state index is 14.9. The van der Waals surface area contributed by atoms with E-state index in [0.717, 1.165) is 33.4 Å². The Kier molecular flexibility index (Phi) is 22.2. The van der Waals surface area contributed by atoms with Crippen LogP contribution in [-0.4, -0.2) is 87.3 Å². The number of thioether (sulfide) groups is 2. The molecule has 3 amide bonds. The average Bonchev–Trinajstić information content (AvgIpc) is 4.01. The third kappa shape index (κ3) is 15.6. The van der Waals surface area contributed by atoms with E-state index in [1.807, 2.05) is 129 Å². The van der Waals surface area contributed by atoms with Gasteiger partial charge in [0.1, 0.15) is 18.7 Å². The number of nitrogens with one attached hydrogen (secondary N) is 3. The SMILES string of the molecule is C=CCOC(=O)C[C@H](O)[C@H](NC(=O)[C@@H](CSC(c1ccccc1)(c1ccccc1)c1ccccc1)NC(=O)[C@@H](Cc1cscn1)NC(=O)C[C@H](O)/C=C/CCSC(c1ccccc1)(c1ccccc1)c1ccccc1)C(C)C. The summed E-state index contributed by atoms with van der Waals surface area (Å²) in [7, 11) is 0. The van der Waals surface area contributed by atoms with Crippen molar-refractivity contribution in [1.29, 1.82) is 0 Å². The number of aliphatic hydroxyl groups is 2. The highest BCUT2D eigenvalue weighted by Gasteiger charge is 2.41. The first kappa shape index (κ1) is 58.6. The number of amides is 3. The van der Waals surface area contributed by atoms with Crippen molar-refractivity contribution in [2.24, 2.45) is 5.92 Å². The van der Waals surface area contributed by atoms with Gasteiger partial charge in [-0.1, -0.05) is 221 Å². The molecule has 5 N–H and O–H groups in total. The molecular formula is C64H68N4O7S3. The van der Waals surface area contributed by atoms with Crippen LogP contribution < -0.4 is 16.0 Å². The molecule has 1 heterocycles. The third-order valence-electron chi connectivity index (χ3n) is 13.3. The number of benzene rings is 6. The maximum absolute atomic E-state index is 14.9. The molecule has 14 heteroatoms. The Hall–Kier alpha value is -7.07. The second-order valence-electron chi connectivity index (χ2n) is 19.1. The van der Waals surface area contributed by atoms with Gasteiger partial charge in [0.15, 0.2) is 0 Å². The van der Waals surface area contributed by atoms with Crippen molar-refractivity contribution in [3.63, 3.8) is 0 Å². The molecule has 0 radical (unpaired) electrons. The largest absolute Gasteiger partial charge is 0.461 e. The fourth-order valence-electron chi connectivity index (χ4n) is 9.48. The molecule has 6 aromatic carbocycles. The Bertz CT molecular complexity index is 2780. The Morgan fingerprint density at radius 2 is 1.08 bits per heavy atom. The molecule has 0 unspecified atom stereocenters. The van der Waals surface area contributed by atoms with Crippen molar-refractivity contribution < 1.29 is 34.1 Å². The van der Waals surface area contributed by atoms with Gasteiger partial charge >= 0.3 is 5.97 Å². The number of esters is 1. The van der Waals surface area contributed by atoms with Gasteiger partial charge in [-0.25, -0.2) is 4.98 Å². The molecule has 0 fully saturated rings. The van der Waals surface area contributed by atoms with Crippen LogP contribution in [-0.2, 0) is 39.8 Å². The van der Waals surface area contributed by atoms with Gasteiger partial charge in [-0.2, -0.15) is 0 Å². The number of rotatable bonds is 29. The lowest BCUT2D eigenvalue weighted by Crippen LogP contribution is -2.58. The van der Waals surface area contributed by atoms with Gasteiger partial charge in [0.2, 0.25) is 17.7 Å². The van der Waals surface area contributed by atoms with Gasteiger partial charge in [-0.3, -0.25) is 19.2 Å². The Morgan fingerprint density at radius 3 is 1.50 bits per heavy atom. The van der Waals surface area contributed by atoms with E-state index in [2.05, 4.69) is 100 Å². The topological polar surface area (TPSA) is 167 Å². The van der Waals surface area contributed by atoms with Crippen molar-refractivity contribution >= 4 is 58.6 Å². The van der Waals surface area contributed by atoms with Crippen molar-refractivity contribution in [2.45, 2.75) is 79.4 Å². The molecule has 1 aromatic heterocycles. The summed E-state index contributed by atoms with van der Waals surface area (Å²) in [4.78, 5) is 60.7. The monoisotopic (exact) mass is 1100 g/mol. The lowest BCUT2D eigenvalue weighted by molar-refractivity contribution is -0.145. The van der Waals surface area contributed by atoms with Crippen LogP contribution in [0.5, 0.6) is 0 Å². The van der Waals surface area contributed by atoms with Gasteiger partial charge in [0.25, 0.3) is 0 Å². The van der Waals surface area contributed by atoms with Crippen LogP contribution in [0.1, 0.15) is 72.2 Å². The molecule has 0 saturated heterocycles. The summed E-state index contributed by atoms with van der Waals surface area (Å²) in [6.07, 6.45) is 2.31. The minimum absolute atomic E-state index is 0.000156. The van der Waals surface area contributed by atoms with Gasteiger partial charge < -0.3 is 30.9 Å². The van der Waals surface area contributed by atoms with Gasteiger partial charge in [0, 0.05) is 17.6 Å². The fourth-order valence-corrected chi connectivity index (χ4v) is 13.1. The van der Waals surface area contributed by atoms with E-state index in [-0.39, 0.29) is 37.5 Å². The van der Waals surface area contributed by atoms with Crippen LogP contribution in [0, 0.1) is 5.92 Å². The van der Waals surface area contributed by atoms with Crippen LogP contribution >= 0.6 is 34.9 Å². The number of carbonyl (C=O) groups is 4. The molecule has 0 spiro atoms. The first-order chi connectivity index (χ1) is 37.9. The predicted octanol–water partition coefficient (Wildman–Crippen LogP) is 10.4. The van der Waals surface area contributed by atoms with Crippen LogP contribution in [0.2, 0.25) is 0 Å².